The fraction of sp³-hybridized carbons (Fsp3) is 0.700. The van der Waals surface area contributed by atoms with Gasteiger partial charge in [0.25, 0.3) is 0 Å². The van der Waals surface area contributed by atoms with E-state index < -0.39 is 5.91 Å². The molecule has 1 saturated heterocycles. The number of hydrogen-bond donors (Lipinski definition) is 3. The topological polar surface area (TPSA) is 160 Å². The van der Waals surface area contributed by atoms with Gasteiger partial charge >= 0.3 is 0 Å². The molecule has 5 N–H and O–H groups in total. The molecule has 11 heteroatoms. The van der Waals surface area contributed by atoms with E-state index in [9.17, 15) is 9.59 Å². The van der Waals surface area contributed by atoms with Crippen LogP contribution in [-0.2, 0) is 25.6 Å². The summed E-state index contributed by atoms with van der Waals surface area (Å²) in [4.78, 5) is 22.7. The van der Waals surface area contributed by atoms with Crippen LogP contribution in [0.4, 0.5) is 5.95 Å². The number of carbonyl (C=O) groups excluding carboxylic acids is 2. The van der Waals surface area contributed by atoms with Crippen molar-refractivity contribution in [2.24, 2.45) is 5.73 Å². The van der Waals surface area contributed by atoms with Crippen molar-refractivity contribution in [3.05, 3.63) is 0 Å². The molecule has 116 valence electrons. The third kappa shape index (κ3) is 4.36. The Kier molecular flexibility index (Phi) is 5.00. The SMILES string of the molecule is NC(=O)CO[C@H]1CCOC[C@H]1NC(=O)Cn1nnnc1N. The van der Waals surface area contributed by atoms with Gasteiger partial charge in [-0.2, -0.15) is 0 Å². The normalized spacial score (nSPS) is 21.9. The smallest absolute Gasteiger partial charge is 0.243 e. The minimum atomic E-state index is -0.562. The Labute approximate surface area is 119 Å². The minimum Gasteiger partial charge on any atom is -0.379 e. The van der Waals surface area contributed by atoms with Crippen LogP contribution in [0.3, 0.4) is 0 Å². The summed E-state index contributed by atoms with van der Waals surface area (Å²) in [5, 5.41) is 13.1. The summed E-state index contributed by atoms with van der Waals surface area (Å²) in [5.41, 5.74) is 10.5. The third-order valence-electron chi connectivity index (χ3n) is 2.93. The monoisotopic (exact) mass is 299 g/mol. The molecular weight excluding hydrogens is 282 g/mol. The number of primary amides is 1. The maximum Gasteiger partial charge on any atom is 0.243 e. The maximum atomic E-state index is 11.9. The first kappa shape index (κ1) is 15.1. The van der Waals surface area contributed by atoms with Gasteiger partial charge in [0.05, 0.1) is 18.8 Å². The Morgan fingerprint density at radius 3 is 3.00 bits per heavy atom. The zero-order valence-corrected chi connectivity index (χ0v) is 11.3. The van der Waals surface area contributed by atoms with Crippen LogP contribution in [0.25, 0.3) is 0 Å². The van der Waals surface area contributed by atoms with E-state index in [1.807, 2.05) is 0 Å². The van der Waals surface area contributed by atoms with Crippen molar-refractivity contribution in [2.75, 3.05) is 25.6 Å². The molecule has 11 nitrogen and oxygen atoms in total. The van der Waals surface area contributed by atoms with Crippen molar-refractivity contribution < 1.29 is 19.1 Å². The molecule has 0 radical (unpaired) electrons. The molecule has 0 aromatic carbocycles. The molecule has 1 aliphatic rings. The van der Waals surface area contributed by atoms with E-state index in [1.54, 1.807) is 0 Å². The summed E-state index contributed by atoms with van der Waals surface area (Å²) in [7, 11) is 0. The van der Waals surface area contributed by atoms with Gasteiger partial charge in [0.2, 0.25) is 17.8 Å². The van der Waals surface area contributed by atoms with Crippen molar-refractivity contribution in [3.63, 3.8) is 0 Å². The molecule has 1 aliphatic heterocycles. The van der Waals surface area contributed by atoms with Crippen molar-refractivity contribution >= 4 is 17.8 Å². The number of carbonyl (C=O) groups is 2. The highest BCUT2D eigenvalue weighted by Gasteiger charge is 2.28. The number of ether oxygens (including phenoxy) is 2. The van der Waals surface area contributed by atoms with Crippen LogP contribution >= 0.6 is 0 Å². The Hall–Kier alpha value is -2.27. The number of nitrogen functional groups attached to an aromatic ring is 1. The number of rotatable bonds is 6. The van der Waals surface area contributed by atoms with Gasteiger partial charge in [-0.1, -0.05) is 5.10 Å². The molecule has 0 unspecified atom stereocenters. The van der Waals surface area contributed by atoms with E-state index in [4.69, 9.17) is 20.9 Å². The molecule has 0 spiro atoms. The molecule has 0 saturated carbocycles. The van der Waals surface area contributed by atoms with E-state index in [-0.39, 0.29) is 37.2 Å². The molecule has 0 aliphatic carbocycles. The molecule has 1 aromatic rings. The van der Waals surface area contributed by atoms with E-state index in [1.165, 1.54) is 0 Å². The van der Waals surface area contributed by atoms with Gasteiger partial charge in [-0.05, 0) is 16.8 Å². The van der Waals surface area contributed by atoms with E-state index in [2.05, 4.69) is 20.8 Å². The summed E-state index contributed by atoms with van der Waals surface area (Å²) in [6, 6.07) is -0.372. The first-order valence-corrected chi connectivity index (χ1v) is 6.35. The molecule has 2 rings (SSSR count). The fourth-order valence-corrected chi connectivity index (χ4v) is 1.95. The van der Waals surface area contributed by atoms with Gasteiger partial charge in [-0.3, -0.25) is 9.59 Å². The number of amides is 2. The van der Waals surface area contributed by atoms with Gasteiger partial charge in [0, 0.05) is 6.61 Å². The number of nitrogens with two attached hydrogens (primary N) is 2. The average molecular weight is 299 g/mol. The quantitative estimate of drug-likeness (QED) is 0.501. The zero-order chi connectivity index (χ0) is 15.2. The standard InChI is InChI=1S/C10H17N7O4/c11-8(18)5-21-7-1-2-20-4-6(7)13-9(19)3-17-10(12)14-15-16-17/h6-7H,1-5H2,(H2,11,18)(H,13,19)(H2,12,14,16)/t6-,7+/m1/s1. The zero-order valence-electron chi connectivity index (χ0n) is 11.3. The van der Waals surface area contributed by atoms with Crippen LogP contribution < -0.4 is 16.8 Å². The summed E-state index contributed by atoms with van der Waals surface area (Å²) in [6.07, 6.45) is 0.229. The van der Waals surface area contributed by atoms with Crippen LogP contribution in [0.15, 0.2) is 0 Å². The number of nitrogens with one attached hydrogen (secondary N) is 1. The van der Waals surface area contributed by atoms with Crippen molar-refractivity contribution in [1.82, 2.24) is 25.5 Å². The lowest BCUT2D eigenvalue weighted by Gasteiger charge is -2.31. The van der Waals surface area contributed by atoms with Gasteiger partial charge in [0.1, 0.15) is 13.2 Å². The largest absolute Gasteiger partial charge is 0.379 e. The first-order chi connectivity index (χ1) is 10.1. The third-order valence-corrected chi connectivity index (χ3v) is 2.93. The van der Waals surface area contributed by atoms with Crippen LogP contribution in [0.5, 0.6) is 0 Å². The molecule has 1 aromatic heterocycles. The minimum absolute atomic E-state index is 0.0478. The van der Waals surface area contributed by atoms with Crippen molar-refractivity contribution in [1.29, 1.82) is 0 Å². The van der Waals surface area contributed by atoms with Crippen LogP contribution in [-0.4, -0.2) is 64.0 Å². The van der Waals surface area contributed by atoms with Crippen LogP contribution in [0.1, 0.15) is 6.42 Å². The lowest BCUT2D eigenvalue weighted by atomic mass is 10.1. The predicted molar refractivity (Wildman–Crippen MR) is 68.5 cm³/mol. The summed E-state index contributed by atoms with van der Waals surface area (Å²) in [6.45, 7) is 0.477. The Morgan fingerprint density at radius 1 is 1.52 bits per heavy atom. The molecule has 2 atom stereocenters. The molecule has 21 heavy (non-hydrogen) atoms. The van der Waals surface area contributed by atoms with Crippen molar-refractivity contribution in [3.8, 4) is 0 Å². The van der Waals surface area contributed by atoms with Crippen LogP contribution in [0, 0.1) is 0 Å². The molecular formula is C10H17N7O4. The van der Waals surface area contributed by atoms with Crippen molar-refractivity contribution in [2.45, 2.75) is 25.1 Å². The summed E-state index contributed by atoms with van der Waals surface area (Å²) >= 11 is 0. The van der Waals surface area contributed by atoms with Gasteiger partial charge in [0.15, 0.2) is 0 Å². The molecule has 0 bridgehead atoms. The highest BCUT2D eigenvalue weighted by molar-refractivity contribution is 5.76. The summed E-state index contributed by atoms with van der Waals surface area (Å²) < 4.78 is 11.8. The Balaban J connectivity index is 1.87. The van der Waals surface area contributed by atoms with E-state index in [0.717, 1.165) is 4.68 Å². The van der Waals surface area contributed by atoms with Gasteiger partial charge < -0.3 is 26.3 Å². The second-order valence-corrected chi connectivity index (χ2v) is 4.55. The Bertz CT molecular complexity index is 505. The number of hydrogen-bond acceptors (Lipinski definition) is 8. The molecule has 1 fully saturated rings. The van der Waals surface area contributed by atoms with Gasteiger partial charge in [-0.25, -0.2) is 4.68 Å². The number of tetrazole rings is 1. The number of nitrogens with zero attached hydrogens (tertiary/aromatic N) is 4. The fourth-order valence-electron chi connectivity index (χ4n) is 1.95. The lowest BCUT2D eigenvalue weighted by Crippen LogP contribution is -2.51. The first-order valence-electron chi connectivity index (χ1n) is 6.35. The summed E-state index contributed by atoms with van der Waals surface area (Å²) in [5.74, 6) is -0.850. The second kappa shape index (κ2) is 6.95. The Morgan fingerprint density at radius 2 is 2.33 bits per heavy atom. The maximum absolute atomic E-state index is 11.9. The van der Waals surface area contributed by atoms with Gasteiger partial charge in [-0.15, -0.1) is 0 Å². The number of anilines is 1. The van der Waals surface area contributed by atoms with E-state index >= 15 is 0 Å². The second-order valence-electron chi connectivity index (χ2n) is 4.55. The van der Waals surface area contributed by atoms with Crippen LogP contribution in [0.2, 0.25) is 0 Å². The molecule has 2 amide bonds. The average Bonchev–Trinajstić information content (AvgIpc) is 2.83. The lowest BCUT2D eigenvalue weighted by molar-refractivity contribution is -0.131. The van der Waals surface area contributed by atoms with E-state index in [0.29, 0.717) is 19.6 Å². The molecule has 2 heterocycles. The number of aromatic nitrogens is 4. The highest BCUT2D eigenvalue weighted by atomic mass is 16.5. The highest BCUT2D eigenvalue weighted by Crippen LogP contribution is 2.12. The predicted octanol–water partition coefficient (Wildman–Crippen LogP) is -2.97.